The van der Waals surface area contributed by atoms with Crippen molar-refractivity contribution in [2.75, 3.05) is 25.0 Å². The first kappa shape index (κ1) is 23.0. The van der Waals surface area contributed by atoms with Crippen molar-refractivity contribution in [1.29, 1.82) is 0 Å². The molecule has 0 bridgehead atoms. The number of nitrogens with one attached hydrogen (secondary N) is 1. The zero-order valence-corrected chi connectivity index (χ0v) is 20.2. The number of aryl methyl sites for hydroxylation is 1. The normalized spacial score (nSPS) is 17.5. The van der Waals surface area contributed by atoms with Crippen LogP contribution >= 0.6 is 0 Å². The number of hydrogen-bond donors (Lipinski definition) is 1. The van der Waals surface area contributed by atoms with E-state index in [-0.39, 0.29) is 18.4 Å². The summed E-state index contributed by atoms with van der Waals surface area (Å²) in [5.74, 6) is 0.545. The molecule has 10 nitrogen and oxygen atoms in total. The summed E-state index contributed by atoms with van der Waals surface area (Å²) in [6.07, 6.45) is 6.20. The molecule has 1 fully saturated rings. The fraction of sp³-hybridized carbons (Fsp3) is 0.565. The van der Waals surface area contributed by atoms with Gasteiger partial charge in [0.2, 0.25) is 5.95 Å². The molecule has 1 amide bonds. The third-order valence-electron chi connectivity index (χ3n) is 5.55. The molecule has 0 aliphatic carbocycles. The largest absolute Gasteiger partial charge is 0.444 e. The van der Waals surface area contributed by atoms with Crippen molar-refractivity contribution in [3.63, 3.8) is 0 Å². The Balaban J connectivity index is 1.47. The molecule has 0 radical (unpaired) electrons. The van der Waals surface area contributed by atoms with Crippen LogP contribution in [0.2, 0.25) is 0 Å². The second-order valence-corrected chi connectivity index (χ2v) is 9.43. The quantitative estimate of drug-likeness (QED) is 0.602. The molecular weight excluding hydrogens is 422 g/mol. The molecule has 3 aromatic rings. The van der Waals surface area contributed by atoms with E-state index in [4.69, 9.17) is 9.47 Å². The number of rotatable bonds is 6. The lowest BCUT2D eigenvalue weighted by Gasteiger charge is -2.24. The Bertz CT molecular complexity index is 1130. The van der Waals surface area contributed by atoms with Crippen LogP contribution in [0.5, 0.6) is 0 Å². The standard InChI is InChI=1S/C23H33N7O3/c1-7-32-16(3)29-12-17(11-24-29)19-14-30-20(10-15(19)2)26-21(27-30)25-18-8-9-28(13-18)22(31)33-23(4,5)6/h10-12,14,16,18H,7-9,13H2,1-6H3,(H,25,27)/t16?,18-/m1/s1. The van der Waals surface area contributed by atoms with Gasteiger partial charge in [-0.3, -0.25) is 0 Å². The van der Waals surface area contributed by atoms with E-state index < -0.39 is 5.60 Å². The van der Waals surface area contributed by atoms with E-state index in [1.807, 2.05) is 64.0 Å². The first-order valence-electron chi connectivity index (χ1n) is 11.4. The van der Waals surface area contributed by atoms with Crippen LogP contribution in [0, 0.1) is 6.92 Å². The Morgan fingerprint density at radius 3 is 2.85 bits per heavy atom. The first-order valence-corrected chi connectivity index (χ1v) is 11.4. The maximum absolute atomic E-state index is 12.3. The van der Waals surface area contributed by atoms with Crippen molar-refractivity contribution in [2.24, 2.45) is 0 Å². The van der Waals surface area contributed by atoms with E-state index in [1.54, 1.807) is 9.42 Å². The fourth-order valence-electron chi connectivity index (χ4n) is 3.93. The number of fused-ring (bicyclic) bond motifs is 1. The van der Waals surface area contributed by atoms with Crippen LogP contribution in [0.25, 0.3) is 16.8 Å². The summed E-state index contributed by atoms with van der Waals surface area (Å²) in [5.41, 5.74) is 3.37. The van der Waals surface area contributed by atoms with Gasteiger partial charge >= 0.3 is 6.09 Å². The number of carbonyl (C=O) groups is 1. The van der Waals surface area contributed by atoms with Crippen molar-refractivity contribution in [2.45, 2.75) is 65.8 Å². The van der Waals surface area contributed by atoms with Crippen molar-refractivity contribution < 1.29 is 14.3 Å². The Kier molecular flexibility index (Phi) is 6.29. The number of hydrogen-bond acceptors (Lipinski definition) is 7. The molecule has 1 aliphatic rings. The minimum atomic E-state index is -0.501. The average Bonchev–Trinajstić information content (AvgIpc) is 3.45. The zero-order valence-electron chi connectivity index (χ0n) is 20.2. The van der Waals surface area contributed by atoms with Crippen LogP contribution < -0.4 is 5.32 Å². The van der Waals surface area contributed by atoms with E-state index >= 15 is 0 Å². The molecule has 0 saturated carbocycles. The number of nitrogens with zero attached hydrogens (tertiary/aromatic N) is 6. The van der Waals surface area contributed by atoms with Gasteiger partial charge in [0.25, 0.3) is 0 Å². The number of ether oxygens (including phenoxy) is 2. The highest BCUT2D eigenvalue weighted by atomic mass is 16.6. The molecule has 4 heterocycles. The first-order chi connectivity index (χ1) is 15.6. The molecule has 1 saturated heterocycles. The third kappa shape index (κ3) is 5.27. The second-order valence-electron chi connectivity index (χ2n) is 9.43. The Hall–Kier alpha value is -3.14. The van der Waals surface area contributed by atoms with Crippen molar-refractivity contribution in [1.82, 2.24) is 29.3 Å². The summed E-state index contributed by atoms with van der Waals surface area (Å²) in [6.45, 7) is 13.4. The maximum Gasteiger partial charge on any atom is 0.410 e. The van der Waals surface area contributed by atoms with Gasteiger partial charge in [-0.25, -0.2) is 14.0 Å². The molecule has 3 aromatic heterocycles. The minimum Gasteiger partial charge on any atom is -0.444 e. The van der Waals surface area contributed by atoms with Crippen molar-refractivity contribution >= 4 is 17.7 Å². The number of amides is 1. The summed E-state index contributed by atoms with van der Waals surface area (Å²) in [6, 6.07) is 2.09. The predicted molar refractivity (Wildman–Crippen MR) is 125 cm³/mol. The lowest BCUT2D eigenvalue weighted by Crippen LogP contribution is -2.36. The number of aromatic nitrogens is 5. The smallest absolute Gasteiger partial charge is 0.410 e. The minimum absolute atomic E-state index is 0.0776. The molecule has 10 heteroatoms. The van der Waals surface area contributed by atoms with E-state index in [0.717, 1.165) is 28.8 Å². The van der Waals surface area contributed by atoms with Gasteiger partial charge in [0.1, 0.15) is 11.8 Å². The monoisotopic (exact) mass is 455 g/mol. The molecular formula is C23H33N7O3. The number of anilines is 1. The van der Waals surface area contributed by atoms with Gasteiger partial charge in [0.15, 0.2) is 5.65 Å². The van der Waals surface area contributed by atoms with Crippen LogP contribution in [0.15, 0.2) is 24.7 Å². The van der Waals surface area contributed by atoms with Crippen LogP contribution in [0.3, 0.4) is 0 Å². The summed E-state index contributed by atoms with van der Waals surface area (Å²) < 4.78 is 14.7. The van der Waals surface area contributed by atoms with Gasteiger partial charge in [0, 0.05) is 49.3 Å². The molecule has 2 atom stereocenters. The highest BCUT2D eigenvalue weighted by molar-refractivity contribution is 5.69. The average molecular weight is 456 g/mol. The lowest BCUT2D eigenvalue weighted by atomic mass is 10.1. The molecule has 0 aromatic carbocycles. The van der Waals surface area contributed by atoms with E-state index in [0.29, 0.717) is 25.6 Å². The van der Waals surface area contributed by atoms with Gasteiger partial charge < -0.3 is 19.7 Å². The predicted octanol–water partition coefficient (Wildman–Crippen LogP) is 3.88. The van der Waals surface area contributed by atoms with Crippen LogP contribution in [-0.4, -0.2) is 66.7 Å². The SMILES string of the molecule is CCOC(C)n1cc(-c2cn3nc(N[C@@H]4CCN(C(=O)OC(C)(C)C)C4)nc3cc2C)cn1. The van der Waals surface area contributed by atoms with Gasteiger partial charge in [0.05, 0.1) is 6.20 Å². The topological polar surface area (TPSA) is 98.8 Å². The van der Waals surface area contributed by atoms with E-state index in [1.165, 1.54) is 0 Å². The van der Waals surface area contributed by atoms with Crippen LogP contribution in [0.4, 0.5) is 10.7 Å². The number of pyridine rings is 1. The highest BCUT2D eigenvalue weighted by Crippen LogP contribution is 2.26. The van der Waals surface area contributed by atoms with Gasteiger partial charge in [-0.1, -0.05) is 0 Å². The molecule has 178 valence electrons. The number of carbonyl (C=O) groups excluding carboxylic acids is 1. The summed E-state index contributed by atoms with van der Waals surface area (Å²) in [4.78, 5) is 18.7. The number of likely N-dealkylation sites (tertiary alicyclic amines) is 1. The van der Waals surface area contributed by atoms with Gasteiger partial charge in [-0.15, -0.1) is 5.10 Å². The highest BCUT2D eigenvalue weighted by Gasteiger charge is 2.30. The molecule has 33 heavy (non-hydrogen) atoms. The summed E-state index contributed by atoms with van der Waals surface area (Å²) in [7, 11) is 0. The fourth-order valence-corrected chi connectivity index (χ4v) is 3.93. The zero-order chi connectivity index (χ0) is 23.8. The van der Waals surface area contributed by atoms with Gasteiger partial charge in [-0.05, 0) is 59.6 Å². The molecule has 1 unspecified atom stereocenters. The van der Waals surface area contributed by atoms with E-state index in [2.05, 4.69) is 27.4 Å². The lowest BCUT2D eigenvalue weighted by molar-refractivity contribution is 0.0160. The molecule has 1 N–H and O–H groups in total. The maximum atomic E-state index is 12.3. The Morgan fingerprint density at radius 2 is 2.12 bits per heavy atom. The Labute approximate surface area is 193 Å². The third-order valence-corrected chi connectivity index (χ3v) is 5.55. The Morgan fingerprint density at radius 1 is 1.33 bits per heavy atom. The summed E-state index contributed by atoms with van der Waals surface area (Å²) >= 11 is 0. The second kappa shape index (κ2) is 9.01. The molecule has 1 aliphatic heterocycles. The van der Waals surface area contributed by atoms with Crippen LogP contribution in [-0.2, 0) is 9.47 Å². The van der Waals surface area contributed by atoms with Crippen molar-refractivity contribution in [3.8, 4) is 11.1 Å². The molecule has 4 rings (SSSR count). The van der Waals surface area contributed by atoms with Crippen LogP contribution in [0.1, 0.15) is 52.8 Å². The van der Waals surface area contributed by atoms with E-state index in [9.17, 15) is 4.79 Å². The molecule has 0 spiro atoms. The summed E-state index contributed by atoms with van der Waals surface area (Å²) in [5, 5.41) is 12.4. The van der Waals surface area contributed by atoms with Crippen molar-refractivity contribution in [3.05, 3.63) is 30.2 Å². The van der Waals surface area contributed by atoms with Gasteiger partial charge in [-0.2, -0.15) is 10.1 Å².